The van der Waals surface area contributed by atoms with Gasteiger partial charge in [0.05, 0.1) is 6.04 Å². The Labute approximate surface area is 71.1 Å². The minimum Gasteiger partial charge on any atom is -0.242 e. The second-order valence-electron chi connectivity index (χ2n) is 3.66. The Morgan fingerprint density at radius 2 is 2.42 bits per heavy atom. The van der Waals surface area contributed by atoms with Crippen molar-refractivity contribution >= 4 is 5.57 Å². The highest BCUT2D eigenvalue weighted by atomic mass is 15.4. The number of hydrogen-bond acceptors (Lipinski definition) is 2. The molecule has 2 heterocycles. The van der Waals surface area contributed by atoms with Crippen LogP contribution < -0.4 is 0 Å². The first-order valence-corrected chi connectivity index (χ1v) is 4.46. The number of fused-ring (bicyclic) bond motifs is 3. The Balaban J connectivity index is 2.17. The molecule has 1 saturated carbocycles. The Hall–Kier alpha value is -1.12. The molecule has 1 aromatic heterocycles. The van der Waals surface area contributed by atoms with Crippen LogP contribution in [0.2, 0.25) is 0 Å². The summed E-state index contributed by atoms with van der Waals surface area (Å²) in [6.07, 6.45) is 5.47. The third kappa shape index (κ3) is 0.578. The molecule has 2 aliphatic rings. The van der Waals surface area contributed by atoms with Gasteiger partial charge in [-0.15, -0.1) is 0 Å². The van der Waals surface area contributed by atoms with Crippen molar-refractivity contribution in [3.8, 4) is 0 Å². The van der Waals surface area contributed by atoms with Gasteiger partial charge in [0.25, 0.3) is 0 Å². The fourth-order valence-electron chi connectivity index (χ4n) is 2.53. The van der Waals surface area contributed by atoms with Gasteiger partial charge < -0.3 is 0 Å². The van der Waals surface area contributed by atoms with Crippen molar-refractivity contribution in [3.05, 3.63) is 18.7 Å². The summed E-state index contributed by atoms with van der Waals surface area (Å²) in [5, 5.41) is 4.23. The van der Waals surface area contributed by atoms with E-state index < -0.39 is 0 Å². The molecule has 3 heteroatoms. The van der Waals surface area contributed by atoms with Crippen molar-refractivity contribution in [2.45, 2.75) is 25.3 Å². The highest BCUT2D eigenvalue weighted by Crippen LogP contribution is 2.48. The lowest BCUT2D eigenvalue weighted by atomic mass is 9.99. The predicted octanol–water partition coefficient (Wildman–Crippen LogP) is 1.65. The van der Waals surface area contributed by atoms with E-state index in [2.05, 4.69) is 21.3 Å². The summed E-state index contributed by atoms with van der Waals surface area (Å²) in [4.78, 5) is 4.21. The molecule has 3 nitrogen and oxygen atoms in total. The molecule has 0 N–H and O–H groups in total. The maximum Gasteiger partial charge on any atom is 0.153 e. The molecule has 12 heavy (non-hydrogen) atoms. The minimum absolute atomic E-state index is 0.579. The van der Waals surface area contributed by atoms with E-state index in [1.807, 2.05) is 0 Å². The third-order valence-corrected chi connectivity index (χ3v) is 3.10. The normalized spacial score (nSPS) is 32.2. The highest BCUT2D eigenvalue weighted by molar-refractivity contribution is 5.63. The second kappa shape index (κ2) is 1.97. The number of hydrogen-bond donors (Lipinski definition) is 0. The molecule has 3 rings (SSSR count). The summed E-state index contributed by atoms with van der Waals surface area (Å²) in [5.74, 6) is 1.66. The summed E-state index contributed by atoms with van der Waals surface area (Å²) < 4.78 is 2.06. The van der Waals surface area contributed by atoms with Crippen LogP contribution in [0.4, 0.5) is 0 Å². The predicted molar refractivity (Wildman–Crippen MR) is 45.4 cm³/mol. The molecule has 1 aromatic rings. The molecule has 62 valence electrons. The standard InChI is InChI=1S/C9H11N3/c1-6-7-3-2-4-8(7)12-9(6)10-5-11-12/h5,7-8H,1-4H2. The maximum atomic E-state index is 4.23. The first-order valence-electron chi connectivity index (χ1n) is 4.46. The molecule has 1 aliphatic heterocycles. The molecule has 0 radical (unpaired) electrons. The van der Waals surface area contributed by atoms with E-state index >= 15 is 0 Å². The summed E-state index contributed by atoms with van der Waals surface area (Å²) >= 11 is 0. The lowest BCUT2D eigenvalue weighted by Gasteiger charge is -2.08. The van der Waals surface area contributed by atoms with E-state index in [4.69, 9.17) is 0 Å². The molecule has 1 fully saturated rings. The molecule has 0 saturated heterocycles. The van der Waals surface area contributed by atoms with Gasteiger partial charge in [-0.25, -0.2) is 9.67 Å². The van der Waals surface area contributed by atoms with Crippen LogP contribution in [0.1, 0.15) is 31.1 Å². The van der Waals surface area contributed by atoms with Crippen LogP contribution in [0.3, 0.4) is 0 Å². The van der Waals surface area contributed by atoms with E-state index in [0.717, 1.165) is 5.82 Å². The van der Waals surface area contributed by atoms with Crippen LogP contribution in [-0.4, -0.2) is 14.8 Å². The Bertz CT molecular complexity index is 339. The first kappa shape index (κ1) is 6.40. The Morgan fingerprint density at radius 3 is 3.33 bits per heavy atom. The van der Waals surface area contributed by atoms with Gasteiger partial charge in [0.2, 0.25) is 0 Å². The zero-order valence-corrected chi connectivity index (χ0v) is 6.90. The maximum absolute atomic E-state index is 4.23. The van der Waals surface area contributed by atoms with Gasteiger partial charge in [0.15, 0.2) is 5.82 Å². The van der Waals surface area contributed by atoms with Crippen LogP contribution in [-0.2, 0) is 0 Å². The van der Waals surface area contributed by atoms with Crippen LogP contribution in [0.15, 0.2) is 12.9 Å². The molecule has 0 amide bonds. The Morgan fingerprint density at radius 1 is 1.50 bits per heavy atom. The fourth-order valence-corrected chi connectivity index (χ4v) is 2.53. The van der Waals surface area contributed by atoms with E-state index in [1.54, 1.807) is 6.33 Å². The average Bonchev–Trinajstić information content (AvgIpc) is 2.72. The van der Waals surface area contributed by atoms with Crippen molar-refractivity contribution in [3.63, 3.8) is 0 Å². The summed E-state index contributed by atoms with van der Waals surface area (Å²) in [7, 11) is 0. The van der Waals surface area contributed by atoms with Gasteiger partial charge >= 0.3 is 0 Å². The lowest BCUT2D eigenvalue weighted by molar-refractivity contribution is 0.445. The van der Waals surface area contributed by atoms with E-state index in [0.29, 0.717) is 12.0 Å². The summed E-state index contributed by atoms with van der Waals surface area (Å²) in [6, 6.07) is 0.579. The van der Waals surface area contributed by atoms with Gasteiger partial charge in [-0.1, -0.05) is 13.0 Å². The monoisotopic (exact) mass is 161 g/mol. The highest BCUT2D eigenvalue weighted by Gasteiger charge is 2.40. The van der Waals surface area contributed by atoms with Crippen molar-refractivity contribution in [2.75, 3.05) is 0 Å². The van der Waals surface area contributed by atoms with Gasteiger partial charge in [0, 0.05) is 5.92 Å². The van der Waals surface area contributed by atoms with E-state index in [1.165, 1.54) is 24.8 Å². The number of rotatable bonds is 0. The van der Waals surface area contributed by atoms with Crippen LogP contribution in [0.5, 0.6) is 0 Å². The average molecular weight is 161 g/mol. The third-order valence-electron chi connectivity index (χ3n) is 3.10. The Kier molecular flexibility index (Phi) is 1.05. The van der Waals surface area contributed by atoms with Gasteiger partial charge in [-0.3, -0.25) is 0 Å². The zero-order valence-electron chi connectivity index (χ0n) is 6.90. The SMILES string of the molecule is C=C1c2ncnn2C2CCCC12. The molecular weight excluding hydrogens is 150 g/mol. The van der Waals surface area contributed by atoms with Crippen LogP contribution in [0, 0.1) is 5.92 Å². The topological polar surface area (TPSA) is 30.7 Å². The quantitative estimate of drug-likeness (QED) is 0.579. The fraction of sp³-hybridized carbons (Fsp3) is 0.556. The lowest BCUT2D eigenvalue weighted by Crippen LogP contribution is -2.06. The summed E-state index contributed by atoms with van der Waals surface area (Å²) in [5.41, 5.74) is 1.20. The smallest absolute Gasteiger partial charge is 0.153 e. The van der Waals surface area contributed by atoms with Crippen LogP contribution >= 0.6 is 0 Å². The molecule has 0 aromatic carbocycles. The van der Waals surface area contributed by atoms with E-state index in [9.17, 15) is 0 Å². The number of aromatic nitrogens is 3. The molecular formula is C9H11N3. The van der Waals surface area contributed by atoms with Crippen molar-refractivity contribution in [1.82, 2.24) is 14.8 Å². The van der Waals surface area contributed by atoms with Crippen molar-refractivity contribution in [2.24, 2.45) is 5.92 Å². The van der Waals surface area contributed by atoms with Crippen LogP contribution in [0.25, 0.3) is 5.57 Å². The first-order chi connectivity index (χ1) is 5.88. The largest absolute Gasteiger partial charge is 0.242 e. The van der Waals surface area contributed by atoms with Gasteiger partial charge in [-0.2, -0.15) is 5.10 Å². The van der Waals surface area contributed by atoms with Crippen molar-refractivity contribution < 1.29 is 0 Å². The minimum atomic E-state index is 0.579. The molecule has 0 spiro atoms. The number of nitrogens with zero attached hydrogens (tertiary/aromatic N) is 3. The zero-order chi connectivity index (χ0) is 8.13. The van der Waals surface area contributed by atoms with Gasteiger partial charge in [0.1, 0.15) is 6.33 Å². The summed E-state index contributed by atoms with van der Waals surface area (Å²) in [6.45, 7) is 4.09. The number of allylic oxidation sites excluding steroid dienone is 1. The molecule has 0 bridgehead atoms. The molecule has 2 atom stereocenters. The molecule has 1 aliphatic carbocycles. The van der Waals surface area contributed by atoms with Crippen molar-refractivity contribution in [1.29, 1.82) is 0 Å². The molecule has 2 unspecified atom stereocenters. The second-order valence-corrected chi connectivity index (χ2v) is 3.66. The van der Waals surface area contributed by atoms with E-state index in [-0.39, 0.29) is 0 Å². The van der Waals surface area contributed by atoms with Gasteiger partial charge in [-0.05, 0) is 18.4 Å².